The summed E-state index contributed by atoms with van der Waals surface area (Å²) in [6, 6.07) is 1.87. The van der Waals surface area contributed by atoms with E-state index < -0.39 is 5.60 Å². The van der Waals surface area contributed by atoms with Crippen LogP contribution in [0.4, 0.5) is 11.4 Å². The van der Waals surface area contributed by atoms with Crippen molar-refractivity contribution >= 4 is 11.4 Å². The summed E-state index contributed by atoms with van der Waals surface area (Å²) >= 11 is 0. The fraction of sp³-hybridized carbons (Fsp3) is 0.545. The molecule has 4 nitrogen and oxygen atoms in total. The Kier molecular flexibility index (Phi) is 3.52. The molecular formula is C11H19N3O. The van der Waals surface area contributed by atoms with E-state index in [1.807, 2.05) is 17.9 Å². The molecule has 0 bridgehead atoms. The van der Waals surface area contributed by atoms with E-state index in [0.717, 1.165) is 12.2 Å². The number of anilines is 2. The number of hydrogen-bond donors (Lipinski definition) is 2. The van der Waals surface area contributed by atoms with Crippen molar-refractivity contribution in [2.24, 2.45) is 0 Å². The summed E-state index contributed by atoms with van der Waals surface area (Å²) < 4.78 is 0. The van der Waals surface area contributed by atoms with Crippen molar-refractivity contribution in [3.05, 3.63) is 18.5 Å². The van der Waals surface area contributed by atoms with Gasteiger partial charge in [0.05, 0.1) is 23.2 Å². The fourth-order valence-electron chi connectivity index (χ4n) is 1.52. The summed E-state index contributed by atoms with van der Waals surface area (Å²) in [5.74, 6) is 0. The molecule has 0 saturated heterocycles. The molecule has 0 aliphatic rings. The van der Waals surface area contributed by atoms with Crippen LogP contribution in [-0.4, -0.2) is 28.8 Å². The van der Waals surface area contributed by atoms with Crippen LogP contribution in [0.1, 0.15) is 20.8 Å². The standard InChI is InChI=1S/C11H19N3O/c1-4-14(8-11(2,3)15)10-5-6-13-7-9(10)12/h5-7,15H,4,8,12H2,1-3H3. The van der Waals surface area contributed by atoms with Gasteiger partial charge >= 0.3 is 0 Å². The first-order valence-corrected chi connectivity index (χ1v) is 5.11. The van der Waals surface area contributed by atoms with Gasteiger partial charge in [0.15, 0.2) is 0 Å². The number of aliphatic hydroxyl groups is 1. The van der Waals surface area contributed by atoms with Gasteiger partial charge in [-0.2, -0.15) is 0 Å². The molecule has 0 spiro atoms. The number of nitrogens with two attached hydrogens (primary N) is 1. The first-order valence-electron chi connectivity index (χ1n) is 5.11. The highest BCUT2D eigenvalue weighted by Crippen LogP contribution is 2.22. The lowest BCUT2D eigenvalue weighted by atomic mass is 10.1. The highest BCUT2D eigenvalue weighted by molar-refractivity contribution is 5.66. The van der Waals surface area contributed by atoms with Crippen LogP contribution in [0.2, 0.25) is 0 Å². The van der Waals surface area contributed by atoms with Gasteiger partial charge in [-0.25, -0.2) is 0 Å². The summed E-state index contributed by atoms with van der Waals surface area (Å²) in [5.41, 5.74) is 6.67. The lowest BCUT2D eigenvalue weighted by molar-refractivity contribution is 0.0876. The van der Waals surface area contributed by atoms with Crippen molar-refractivity contribution in [1.82, 2.24) is 4.98 Å². The number of pyridine rings is 1. The number of nitrogen functional groups attached to an aromatic ring is 1. The summed E-state index contributed by atoms with van der Waals surface area (Å²) in [5, 5.41) is 9.77. The Morgan fingerprint density at radius 3 is 2.67 bits per heavy atom. The van der Waals surface area contributed by atoms with Gasteiger partial charge in [0.1, 0.15) is 0 Å². The van der Waals surface area contributed by atoms with Crippen LogP contribution in [0.5, 0.6) is 0 Å². The number of likely N-dealkylation sites (N-methyl/N-ethyl adjacent to an activating group) is 1. The predicted molar refractivity (Wildman–Crippen MR) is 62.8 cm³/mol. The number of hydrogen-bond acceptors (Lipinski definition) is 4. The van der Waals surface area contributed by atoms with E-state index in [-0.39, 0.29) is 0 Å². The zero-order chi connectivity index (χ0) is 11.5. The zero-order valence-corrected chi connectivity index (χ0v) is 9.57. The monoisotopic (exact) mass is 209 g/mol. The average Bonchev–Trinajstić information content (AvgIpc) is 2.14. The molecule has 3 N–H and O–H groups in total. The van der Waals surface area contributed by atoms with E-state index in [9.17, 15) is 5.11 Å². The van der Waals surface area contributed by atoms with Crippen molar-refractivity contribution in [3.8, 4) is 0 Å². The molecule has 1 rings (SSSR count). The molecule has 0 aliphatic heterocycles. The molecule has 0 atom stereocenters. The molecule has 0 fully saturated rings. The molecule has 84 valence electrons. The Bertz CT molecular complexity index is 320. The normalized spacial score (nSPS) is 11.5. The van der Waals surface area contributed by atoms with Gasteiger partial charge in [-0.3, -0.25) is 4.98 Å². The molecule has 0 aliphatic carbocycles. The van der Waals surface area contributed by atoms with Gasteiger partial charge in [-0.05, 0) is 26.8 Å². The molecule has 0 unspecified atom stereocenters. The smallest absolute Gasteiger partial charge is 0.0765 e. The second-order valence-corrected chi connectivity index (χ2v) is 4.26. The van der Waals surface area contributed by atoms with E-state index in [1.165, 1.54) is 0 Å². The van der Waals surface area contributed by atoms with E-state index in [4.69, 9.17) is 5.73 Å². The van der Waals surface area contributed by atoms with Gasteiger partial charge in [-0.1, -0.05) is 0 Å². The highest BCUT2D eigenvalue weighted by Gasteiger charge is 2.18. The molecule has 4 heteroatoms. The largest absolute Gasteiger partial charge is 0.396 e. The summed E-state index contributed by atoms with van der Waals surface area (Å²) in [6.45, 7) is 6.96. The number of nitrogens with zero attached hydrogens (tertiary/aromatic N) is 2. The Morgan fingerprint density at radius 1 is 1.53 bits per heavy atom. The van der Waals surface area contributed by atoms with Gasteiger partial charge in [-0.15, -0.1) is 0 Å². The Hall–Kier alpha value is -1.29. The maximum Gasteiger partial charge on any atom is 0.0765 e. The molecule has 0 saturated carbocycles. The van der Waals surface area contributed by atoms with Gasteiger partial charge < -0.3 is 15.7 Å². The molecule has 0 radical (unpaired) electrons. The molecule has 15 heavy (non-hydrogen) atoms. The lowest BCUT2D eigenvalue weighted by Gasteiger charge is -2.30. The van der Waals surface area contributed by atoms with Crippen LogP contribution >= 0.6 is 0 Å². The van der Waals surface area contributed by atoms with E-state index in [2.05, 4.69) is 4.98 Å². The highest BCUT2D eigenvalue weighted by atomic mass is 16.3. The van der Waals surface area contributed by atoms with Gasteiger partial charge in [0.25, 0.3) is 0 Å². The molecular weight excluding hydrogens is 190 g/mol. The van der Waals surface area contributed by atoms with Crippen LogP contribution in [0.3, 0.4) is 0 Å². The van der Waals surface area contributed by atoms with E-state index in [0.29, 0.717) is 12.2 Å². The minimum absolute atomic E-state index is 0.553. The lowest BCUT2D eigenvalue weighted by Crippen LogP contribution is -2.38. The van der Waals surface area contributed by atoms with Crippen LogP contribution < -0.4 is 10.6 Å². The number of rotatable bonds is 4. The van der Waals surface area contributed by atoms with Crippen LogP contribution in [-0.2, 0) is 0 Å². The van der Waals surface area contributed by atoms with Crippen molar-refractivity contribution < 1.29 is 5.11 Å². The zero-order valence-electron chi connectivity index (χ0n) is 9.57. The van der Waals surface area contributed by atoms with Crippen molar-refractivity contribution in [1.29, 1.82) is 0 Å². The SMILES string of the molecule is CCN(CC(C)(C)O)c1ccncc1N. The summed E-state index contributed by atoms with van der Waals surface area (Å²) in [6.07, 6.45) is 3.33. The molecule has 1 aromatic heterocycles. The molecule has 1 aromatic rings. The number of aromatic nitrogens is 1. The molecule has 1 heterocycles. The molecule has 0 amide bonds. The Labute approximate surface area is 90.7 Å². The maximum atomic E-state index is 9.77. The fourth-order valence-corrected chi connectivity index (χ4v) is 1.52. The topological polar surface area (TPSA) is 62.4 Å². The summed E-state index contributed by atoms with van der Waals surface area (Å²) in [7, 11) is 0. The predicted octanol–water partition coefficient (Wildman–Crippen LogP) is 1.26. The first kappa shape index (κ1) is 11.8. The first-order chi connectivity index (χ1) is 6.94. The van der Waals surface area contributed by atoms with E-state index >= 15 is 0 Å². The van der Waals surface area contributed by atoms with Crippen molar-refractivity contribution in [2.75, 3.05) is 23.7 Å². The second-order valence-electron chi connectivity index (χ2n) is 4.26. The average molecular weight is 209 g/mol. The van der Waals surface area contributed by atoms with Crippen LogP contribution in [0.15, 0.2) is 18.5 Å². The third-order valence-electron chi connectivity index (χ3n) is 2.13. The van der Waals surface area contributed by atoms with Gasteiger partial charge in [0, 0.05) is 19.3 Å². The quantitative estimate of drug-likeness (QED) is 0.783. The third kappa shape index (κ3) is 3.40. The van der Waals surface area contributed by atoms with E-state index in [1.54, 1.807) is 26.2 Å². The second kappa shape index (κ2) is 4.49. The maximum absolute atomic E-state index is 9.77. The minimum Gasteiger partial charge on any atom is -0.396 e. The van der Waals surface area contributed by atoms with Gasteiger partial charge in [0.2, 0.25) is 0 Å². The molecule has 0 aromatic carbocycles. The Morgan fingerprint density at radius 2 is 2.20 bits per heavy atom. The van der Waals surface area contributed by atoms with Crippen LogP contribution in [0.25, 0.3) is 0 Å². The third-order valence-corrected chi connectivity index (χ3v) is 2.13. The Balaban J connectivity index is 2.88. The minimum atomic E-state index is -0.730. The van der Waals surface area contributed by atoms with Crippen molar-refractivity contribution in [2.45, 2.75) is 26.4 Å². The summed E-state index contributed by atoms with van der Waals surface area (Å²) in [4.78, 5) is 5.98. The van der Waals surface area contributed by atoms with Crippen molar-refractivity contribution in [3.63, 3.8) is 0 Å². The van der Waals surface area contributed by atoms with Crippen LogP contribution in [0, 0.1) is 0 Å².